The van der Waals surface area contributed by atoms with E-state index < -0.39 is 0 Å². The Bertz CT molecular complexity index is 325. The molecule has 0 aliphatic carbocycles. The molecular formula is C11H21N3OS. The summed E-state index contributed by atoms with van der Waals surface area (Å²) in [6.45, 7) is 3.97. The van der Waals surface area contributed by atoms with Crippen molar-refractivity contribution in [2.24, 2.45) is 7.05 Å². The topological polar surface area (TPSA) is 39.1 Å². The van der Waals surface area contributed by atoms with Crippen molar-refractivity contribution >= 4 is 11.8 Å². The molecule has 5 heteroatoms. The van der Waals surface area contributed by atoms with E-state index in [0.717, 1.165) is 36.8 Å². The van der Waals surface area contributed by atoms with Gasteiger partial charge in [0.2, 0.25) is 5.88 Å². The first-order valence-electron chi connectivity index (χ1n) is 5.53. The monoisotopic (exact) mass is 243 g/mol. The number of thioether (sulfide) groups is 1. The van der Waals surface area contributed by atoms with Gasteiger partial charge in [-0.1, -0.05) is 6.92 Å². The molecule has 4 nitrogen and oxygen atoms in total. The van der Waals surface area contributed by atoms with E-state index in [2.05, 4.69) is 23.6 Å². The van der Waals surface area contributed by atoms with Crippen LogP contribution < -0.4 is 10.1 Å². The average molecular weight is 243 g/mol. The van der Waals surface area contributed by atoms with E-state index in [1.165, 1.54) is 5.56 Å². The van der Waals surface area contributed by atoms with Gasteiger partial charge in [-0.05, 0) is 12.7 Å². The van der Waals surface area contributed by atoms with E-state index in [0.29, 0.717) is 0 Å². The molecule has 0 amide bonds. The molecular weight excluding hydrogens is 222 g/mol. The van der Waals surface area contributed by atoms with E-state index in [4.69, 9.17) is 4.74 Å². The third-order valence-corrected chi connectivity index (χ3v) is 3.10. The van der Waals surface area contributed by atoms with Crippen LogP contribution in [0.25, 0.3) is 0 Å². The molecule has 1 aromatic rings. The minimum atomic E-state index is 0.834. The Kier molecular flexibility index (Phi) is 5.69. The van der Waals surface area contributed by atoms with Gasteiger partial charge in [-0.15, -0.1) is 0 Å². The van der Waals surface area contributed by atoms with Crippen molar-refractivity contribution in [1.29, 1.82) is 0 Å². The summed E-state index contributed by atoms with van der Waals surface area (Å²) in [6.07, 6.45) is 3.06. The first-order chi connectivity index (χ1) is 7.74. The second kappa shape index (κ2) is 6.81. The maximum atomic E-state index is 5.37. The van der Waals surface area contributed by atoms with Gasteiger partial charge < -0.3 is 10.1 Å². The summed E-state index contributed by atoms with van der Waals surface area (Å²) < 4.78 is 7.18. The normalized spacial score (nSPS) is 10.8. The van der Waals surface area contributed by atoms with Crippen LogP contribution in [0, 0.1) is 0 Å². The van der Waals surface area contributed by atoms with Gasteiger partial charge in [-0.25, -0.2) is 4.68 Å². The Hall–Kier alpha value is -0.680. The number of nitrogens with one attached hydrogen (secondary N) is 1. The highest BCUT2D eigenvalue weighted by Gasteiger charge is 2.14. The van der Waals surface area contributed by atoms with E-state index in [1.54, 1.807) is 7.11 Å². The molecule has 0 fully saturated rings. The predicted octanol–water partition coefficient (Wildman–Crippen LogP) is 1.44. The van der Waals surface area contributed by atoms with Gasteiger partial charge in [0, 0.05) is 25.9 Å². The zero-order valence-electron chi connectivity index (χ0n) is 10.5. The largest absolute Gasteiger partial charge is 0.481 e. The van der Waals surface area contributed by atoms with Gasteiger partial charge in [-0.2, -0.15) is 16.9 Å². The van der Waals surface area contributed by atoms with Crippen molar-refractivity contribution in [1.82, 2.24) is 15.1 Å². The zero-order chi connectivity index (χ0) is 12.0. The lowest BCUT2D eigenvalue weighted by molar-refractivity contribution is 0.368. The summed E-state index contributed by atoms with van der Waals surface area (Å²) in [4.78, 5) is 0. The molecule has 0 radical (unpaired) electrons. The summed E-state index contributed by atoms with van der Waals surface area (Å²) in [6, 6.07) is 0. The first-order valence-corrected chi connectivity index (χ1v) is 6.92. The van der Waals surface area contributed by atoms with Crippen LogP contribution in [0.1, 0.15) is 18.2 Å². The smallest absolute Gasteiger partial charge is 0.216 e. The number of methoxy groups -OCH3 is 1. The van der Waals surface area contributed by atoms with Crippen molar-refractivity contribution < 1.29 is 4.74 Å². The fourth-order valence-electron chi connectivity index (χ4n) is 1.71. The average Bonchev–Trinajstić information content (AvgIpc) is 2.60. The minimum absolute atomic E-state index is 0.834. The lowest BCUT2D eigenvalue weighted by Gasteiger charge is -2.06. The number of ether oxygens (including phenoxy) is 1. The third kappa shape index (κ3) is 3.15. The summed E-state index contributed by atoms with van der Waals surface area (Å²) in [5.74, 6) is 2.00. The number of hydrogen-bond donors (Lipinski definition) is 1. The molecule has 0 saturated carbocycles. The number of hydrogen-bond acceptors (Lipinski definition) is 4. The number of aryl methyl sites for hydroxylation is 2. The fraction of sp³-hybridized carbons (Fsp3) is 0.727. The van der Waals surface area contributed by atoms with Crippen LogP contribution in [0.15, 0.2) is 0 Å². The maximum absolute atomic E-state index is 5.37. The first kappa shape index (κ1) is 13.4. The van der Waals surface area contributed by atoms with Gasteiger partial charge in [0.15, 0.2) is 0 Å². The van der Waals surface area contributed by atoms with Crippen molar-refractivity contribution in [2.75, 3.05) is 25.7 Å². The molecule has 1 rings (SSSR count). The quantitative estimate of drug-likeness (QED) is 0.736. The van der Waals surface area contributed by atoms with E-state index in [9.17, 15) is 0 Å². The van der Waals surface area contributed by atoms with Crippen LogP contribution in [0.2, 0.25) is 0 Å². The lowest BCUT2D eigenvalue weighted by atomic mass is 10.2. The molecule has 1 aromatic heterocycles. The highest BCUT2D eigenvalue weighted by molar-refractivity contribution is 7.98. The molecule has 0 unspecified atom stereocenters. The summed E-state index contributed by atoms with van der Waals surface area (Å²) >= 11 is 1.85. The molecule has 0 aromatic carbocycles. The van der Waals surface area contributed by atoms with Gasteiger partial charge in [0.05, 0.1) is 18.4 Å². The second-order valence-electron chi connectivity index (χ2n) is 3.58. The van der Waals surface area contributed by atoms with Gasteiger partial charge in [0.1, 0.15) is 0 Å². The van der Waals surface area contributed by atoms with Crippen molar-refractivity contribution in [2.45, 2.75) is 19.9 Å². The van der Waals surface area contributed by atoms with Crippen LogP contribution in [-0.2, 0) is 20.0 Å². The summed E-state index contributed by atoms with van der Waals surface area (Å²) in [7, 11) is 3.62. The predicted molar refractivity (Wildman–Crippen MR) is 69.2 cm³/mol. The molecule has 0 atom stereocenters. The molecule has 1 heterocycles. The van der Waals surface area contributed by atoms with Crippen molar-refractivity contribution in [3.63, 3.8) is 0 Å². The Morgan fingerprint density at radius 1 is 1.50 bits per heavy atom. The fourth-order valence-corrected chi connectivity index (χ4v) is 2.06. The minimum Gasteiger partial charge on any atom is -0.481 e. The molecule has 0 aliphatic rings. The maximum Gasteiger partial charge on any atom is 0.216 e. The second-order valence-corrected chi connectivity index (χ2v) is 4.57. The molecule has 16 heavy (non-hydrogen) atoms. The van der Waals surface area contributed by atoms with Crippen molar-refractivity contribution in [3.8, 4) is 5.88 Å². The summed E-state index contributed by atoms with van der Waals surface area (Å²) in [5.41, 5.74) is 2.31. The lowest BCUT2D eigenvalue weighted by Crippen LogP contribution is -2.17. The van der Waals surface area contributed by atoms with Gasteiger partial charge >= 0.3 is 0 Å². The van der Waals surface area contributed by atoms with E-state index in [1.807, 2.05) is 23.5 Å². The highest BCUT2D eigenvalue weighted by Crippen LogP contribution is 2.21. The number of rotatable bonds is 7. The molecule has 1 N–H and O–H groups in total. The van der Waals surface area contributed by atoms with Crippen LogP contribution in [0.4, 0.5) is 0 Å². The number of aromatic nitrogens is 2. The van der Waals surface area contributed by atoms with Crippen molar-refractivity contribution in [3.05, 3.63) is 11.3 Å². The Balaban J connectivity index is 2.68. The van der Waals surface area contributed by atoms with E-state index >= 15 is 0 Å². The highest BCUT2D eigenvalue weighted by atomic mass is 32.2. The Morgan fingerprint density at radius 2 is 2.25 bits per heavy atom. The standard InChI is InChI=1S/C11H21N3OS/c1-5-10-9(8-12-6-7-16-4)11(15-3)14(2)13-10/h12H,5-8H2,1-4H3. The summed E-state index contributed by atoms with van der Waals surface area (Å²) in [5, 5.41) is 7.86. The third-order valence-electron chi connectivity index (χ3n) is 2.48. The van der Waals surface area contributed by atoms with Gasteiger partial charge in [0.25, 0.3) is 0 Å². The Labute approximate surface area is 102 Å². The molecule has 0 aliphatic heterocycles. The van der Waals surface area contributed by atoms with Crippen LogP contribution in [-0.4, -0.2) is 35.4 Å². The van der Waals surface area contributed by atoms with Crippen LogP contribution in [0.3, 0.4) is 0 Å². The SMILES string of the molecule is CCc1nn(C)c(OC)c1CNCCSC. The zero-order valence-corrected chi connectivity index (χ0v) is 11.4. The molecule has 0 saturated heterocycles. The van der Waals surface area contributed by atoms with Gasteiger partial charge in [-0.3, -0.25) is 0 Å². The van der Waals surface area contributed by atoms with Crippen LogP contribution in [0.5, 0.6) is 5.88 Å². The van der Waals surface area contributed by atoms with Crippen LogP contribution >= 0.6 is 11.8 Å². The molecule has 0 spiro atoms. The molecule has 92 valence electrons. The molecule has 0 bridgehead atoms. The van der Waals surface area contributed by atoms with E-state index in [-0.39, 0.29) is 0 Å². The number of nitrogens with zero attached hydrogens (tertiary/aromatic N) is 2. The Morgan fingerprint density at radius 3 is 2.81 bits per heavy atom.